The number of hydrogen-bond acceptors (Lipinski definition) is 8. The molecule has 0 radical (unpaired) electrons. The number of nitrogens with one attached hydrogen (secondary N) is 3. The van der Waals surface area contributed by atoms with Gasteiger partial charge in [-0.3, -0.25) is 19.2 Å². The zero-order chi connectivity index (χ0) is 27.4. The summed E-state index contributed by atoms with van der Waals surface area (Å²) in [4.78, 5) is 60.8. The molecule has 0 fully saturated rings. The molecule has 0 saturated carbocycles. The van der Waals surface area contributed by atoms with Crippen LogP contribution in [-0.2, 0) is 30.4 Å². The molecule has 5 unspecified atom stereocenters. The highest BCUT2D eigenvalue weighted by Crippen LogP contribution is 2.13. The van der Waals surface area contributed by atoms with Crippen molar-refractivity contribution < 1.29 is 39.3 Å². The molecule has 13 heteroatoms. The van der Waals surface area contributed by atoms with E-state index in [0.717, 1.165) is 0 Å². The summed E-state index contributed by atoms with van der Waals surface area (Å²) < 4.78 is 0. The second kappa shape index (κ2) is 14.6. The van der Waals surface area contributed by atoms with E-state index in [0.29, 0.717) is 12.0 Å². The molecular formula is C23H35N5O8. The number of aliphatic hydroxyl groups is 1. The molecule has 200 valence electrons. The first-order valence-electron chi connectivity index (χ1n) is 11.5. The quantitative estimate of drug-likeness (QED) is 0.132. The molecular weight excluding hydrogens is 474 g/mol. The number of amides is 4. The monoisotopic (exact) mass is 509 g/mol. The first kappa shape index (κ1) is 30.3. The molecule has 0 aromatic heterocycles. The van der Waals surface area contributed by atoms with Crippen molar-refractivity contribution in [1.82, 2.24) is 16.0 Å². The van der Waals surface area contributed by atoms with Gasteiger partial charge in [-0.25, -0.2) is 4.79 Å². The number of carbonyl (C=O) groups excluding carboxylic acids is 4. The van der Waals surface area contributed by atoms with Gasteiger partial charge < -0.3 is 42.7 Å². The van der Waals surface area contributed by atoms with Gasteiger partial charge in [-0.1, -0.05) is 32.4 Å². The fraction of sp³-hybridized carbons (Fsp3) is 0.522. The van der Waals surface area contributed by atoms with Gasteiger partial charge in [0.2, 0.25) is 23.6 Å². The van der Waals surface area contributed by atoms with E-state index in [2.05, 4.69) is 16.0 Å². The number of rotatable bonds is 15. The number of aliphatic carboxylic acids is 1. The average Bonchev–Trinajstić information content (AvgIpc) is 2.83. The van der Waals surface area contributed by atoms with Gasteiger partial charge in [-0.05, 0) is 30.0 Å². The van der Waals surface area contributed by atoms with Gasteiger partial charge in [0.25, 0.3) is 0 Å². The van der Waals surface area contributed by atoms with Crippen LogP contribution in [0.4, 0.5) is 0 Å². The first-order chi connectivity index (χ1) is 16.9. The number of benzene rings is 1. The Morgan fingerprint density at radius 1 is 0.944 bits per heavy atom. The molecule has 5 atom stereocenters. The minimum atomic E-state index is -1.59. The van der Waals surface area contributed by atoms with Crippen LogP contribution in [-0.4, -0.2) is 75.7 Å². The van der Waals surface area contributed by atoms with Gasteiger partial charge >= 0.3 is 5.97 Å². The third-order valence-corrected chi connectivity index (χ3v) is 5.64. The van der Waals surface area contributed by atoms with E-state index in [1.165, 1.54) is 24.3 Å². The van der Waals surface area contributed by atoms with Crippen LogP contribution in [0.5, 0.6) is 5.75 Å². The predicted molar refractivity (Wildman–Crippen MR) is 128 cm³/mol. The summed E-state index contributed by atoms with van der Waals surface area (Å²) in [5, 5.41) is 35.2. The highest BCUT2D eigenvalue weighted by molar-refractivity contribution is 5.94. The lowest BCUT2D eigenvalue weighted by atomic mass is 9.96. The number of phenolic OH excluding ortho intramolecular Hbond substituents is 1. The summed E-state index contributed by atoms with van der Waals surface area (Å²) >= 11 is 0. The molecule has 0 aliphatic rings. The summed E-state index contributed by atoms with van der Waals surface area (Å²) in [6.45, 7) is 2.64. The molecule has 0 spiro atoms. The van der Waals surface area contributed by atoms with Crippen LogP contribution in [0, 0.1) is 5.92 Å². The van der Waals surface area contributed by atoms with Crippen LogP contribution in [0.3, 0.4) is 0 Å². The fourth-order valence-corrected chi connectivity index (χ4v) is 3.19. The number of aromatic hydroxyl groups is 1. The molecule has 1 rings (SSSR count). The van der Waals surface area contributed by atoms with E-state index in [-0.39, 0.29) is 30.9 Å². The standard InChI is InChI=1S/C23H35N5O8/c1-3-12(2)19(28-20(32)15(24)8-9-18(25)31)22(34)26-16(10-13-4-6-14(30)7-5-13)21(33)27-17(11-29)23(35)36/h4-7,12,15-17,19,29-30H,3,8-11,24H2,1-2H3,(H2,25,31)(H,26,34)(H,27,33)(H,28,32)(H,35,36). The van der Waals surface area contributed by atoms with Crippen molar-refractivity contribution >= 4 is 29.6 Å². The zero-order valence-corrected chi connectivity index (χ0v) is 20.3. The second-order valence-corrected chi connectivity index (χ2v) is 8.50. The van der Waals surface area contributed by atoms with Crippen LogP contribution in [0.15, 0.2) is 24.3 Å². The van der Waals surface area contributed by atoms with E-state index in [1.807, 2.05) is 0 Å². The minimum Gasteiger partial charge on any atom is -0.508 e. The summed E-state index contributed by atoms with van der Waals surface area (Å²) in [6, 6.07) is 0.764. The Morgan fingerprint density at radius 3 is 2.03 bits per heavy atom. The van der Waals surface area contributed by atoms with E-state index in [4.69, 9.17) is 16.6 Å². The average molecular weight is 510 g/mol. The van der Waals surface area contributed by atoms with Crippen molar-refractivity contribution in [2.75, 3.05) is 6.61 Å². The lowest BCUT2D eigenvalue weighted by molar-refractivity contribution is -0.143. The Morgan fingerprint density at radius 2 is 1.53 bits per heavy atom. The number of primary amides is 1. The topological polar surface area (TPSA) is 234 Å². The number of aliphatic hydroxyl groups excluding tert-OH is 1. The van der Waals surface area contributed by atoms with Crippen LogP contribution in [0.2, 0.25) is 0 Å². The molecule has 0 bridgehead atoms. The molecule has 4 amide bonds. The fourth-order valence-electron chi connectivity index (χ4n) is 3.19. The molecule has 1 aromatic rings. The van der Waals surface area contributed by atoms with Crippen molar-refractivity contribution in [3.8, 4) is 5.75 Å². The van der Waals surface area contributed by atoms with Crippen molar-refractivity contribution in [1.29, 1.82) is 0 Å². The van der Waals surface area contributed by atoms with E-state index in [9.17, 15) is 34.2 Å². The van der Waals surface area contributed by atoms with Crippen molar-refractivity contribution in [2.24, 2.45) is 17.4 Å². The maximum atomic E-state index is 13.2. The number of nitrogens with two attached hydrogens (primary N) is 2. The van der Waals surface area contributed by atoms with E-state index >= 15 is 0 Å². The van der Waals surface area contributed by atoms with Gasteiger partial charge in [0.1, 0.15) is 23.9 Å². The number of carbonyl (C=O) groups is 5. The smallest absolute Gasteiger partial charge is 0.328 e. The molecule has 0 aliphatic carbocycles. The Balaban J connectivity index is 3.11. The summed E-state index contributed by atoms with van der Waals surface area (Å²) in [6.07, 6.45) is 0.281. The van der Waals surface area contributed by atoms with Crippen LogP contribution in [0.1, 0.15) is 38.7 Å². The number of carboxylic acid groups (broad SMARTS) is 1. The highest BCUT2D eigenvalue weighted by Gasteiger charge is 2.32. The Labute approximate surface area is 208 Å². The summed E-state index contributed by atoms with van der Waals surface area (Å²) in [5.74, 6) is -4.74. The SMILES string of the molecule is CCC(C)C(NC(=O)C(N)CCC(N)=O)C(=O)NC(Cc1ccc(O)cc1)C(=O)NC(CO)C(=O)O. The van der Waals surface area contributed by atoms with Gasteiger partial charge in [0.05, 0.1) is 12.6 Å². The predicted octanol–water partition coefficient (Wildman–Crippen LogP) is -1.90. The van der Waals surface area contributed by atoms with Crippen LogP contribution >= 0.6 is 0 Å². The zero-order valence-electron chi connectivity index (χ0n) is 20.3. The summed E-state index contributed by atoms with van der Waals surface area (Å²) in [5.41, 5.74) is 11.4. The molecule has 0 saturated heterocycles. The van der Waals surface area contributed by atoms with Gasteiger partial charge in [-0.15, -0.1) is 0 Å². The van der Waals surface area contributed by atoms with Crippen molar-refractivity contribution in [2.45, 2.75) is 63.7 Å². The molecule has 0 aliphatic heterocycles. The number of phenols is 1. The molecule has 0 heterocycles. The maximum Gasteiger partial charge on any atom is 0.328 e. The largest absolute Gasteiger partial charge is 0.508 e. The lowest BCUT2D eigenvalue weighted by Gasteiger charge is -2.28. The molecule has 10 N–H and O–H groups in total. The highest BCUT2D eigenvalue weighted by atomic mass is 16.4. The Kier molecular flexibility index (Phi) is 12.3. The van der Waals surface area contributed by atoms with Crippen molar-refractivity contribution in [3.05, 3.63) is 29.8 Å². The second-order valence-electron chi connectivity index (χ2n) is 8.50. The minimum absolute atomic E-state index is 0.0118. The van der Waals surface area contributed by atoms with Gasteiger partial charge in [0, 0.05) is 12.8 Å². The van der Waals surface area contributed by atoms with E-state index in [1.54, 1.807) is 13.8 Å². The van der Waals surface area contributed by atoms with Gasteiger partial charge in [0.15, 0.2) is 0 Å². The molecule has 1 aromatic carbocycles. The van der Waals surface area contributed by atoms with Crippen LogP contribution in [0.25, 0.3) is 0 Å². The summed E-state index contributed by atoms with van der Waals surface area (Å²) in [7, 11) is 0. The number of carboxylic acids is 1. The Hall–Kier alpha value is -3.71. The Bertz CT molecular complexity index is 924. The van der Waals surface area contributed by atoms with Gasteiger partial charge in [-0.2, -0.15) is 0 Å². The molecule has 36 heavy (non-hydrogen) atoms. The van der Waals surface area contributed by atoms with E-state index < -0.39 is 60.4 Å². The third kappa shape index (κ3) is 9.88. The van der Waals surface area contributed by atoms with Crippen LogP contribution < -0.4 is 27.4 Å². The first-order valence-corrected chi connectivity index (χ1v) is 11.5. The normalized spacial score (nSPS) is 15.0. The van der Waals surface area contributed by atoms with Crippen molar-refractivity contribution in [3.63, 3.8) is 0 Å². The molecule has 13 nitrogen and oxygen atoms in total. The third-order valence-electron chi connectivity index (χ3n) is 5.64. The number of hydrogen-bond donors (Lipinski definition) is 8. The maximum absolute atomic E-state index is 13.2. The lowest BCUT2D eigenvalue weighted by Crippen LogP contribution is -2.59.